The third-order valence-corrected chi connectivity index (χ3v) is 2.07. The summed E-state index contributed by atoms with van der Waals surface area (Å²) in [4.78, 5) is 14.9. The van der Waals surface area contributed by atoms with Gasteiger partial charge in [-0.3, -0.25) is 0 Å². The second-order valence-electron chi connectivity index (χ2n) is 4.46. The smallest absolute Gasteiger partial charge is 0.334 e. The fourth-order valence-electron chi connectivity index (χ4n) is 1.71. The Morgan fingerprint density at radius 2 is 1.67 bits per heavy atom. The molecule has 15 heavy (non-hydrogen) atoms. The van der Waals surface area contributed by atoms with Crippen LogP contribution in [0, 0.1) is 5.92 Å². The number of carbonyl (C=O) groups is 1. The molecule has 0 saturated carbocycles. The largest absolute Gasteiger partial charge is 0.478 e. The second-order valence-corrected chi connectivity index (χ2v) is 4.46. The highest BCUT2D eigenvalue weighted by Crippen LogP contribution is 2.18. The number of rotatable bonds is 5. The van der Waals surface area contributed by atoms with Gasteiger partial charge in [0.1, 0.15) is 0 Å². The van der Waals surface area contributed by atoms with Gasteiger partial charge in [-0.2, -0.15) is 0 Å². The lowest BCUT2D eigenvalue weighted by molar-refractivity contribution is -0.133. The summed E-state index contributed by atoms with van der Waals surface area (Å²) in [6.45, 7) is 4.48. The van der Waals surface area contributed by atoms with Gasteiger partial charge in [-0.15, -0.1) is 0 Å². The second kappa shape index (κ2) is 5.75. The standard InChI is InChI=1S/C11H22N2O2/c1-8(2)10(13(5)6)9(11(14)15)7-12(3)4/h8H,7H2,1-6H3,(H,14,15). The highest BCUT2D eigenvalue weighted by Gasteiger charge is 2.19. The highest BCUT2D eigenvalue weighted by atomic mass is 16.4. The fraction of sp³-hybridized carbons (Fsp3) is 0.727. The van der Waals surface area contributed by atoms with Gasteiger partial charge in [0.05, 0.1) is 5.57 Å². The first-order chi connectivity index (χ1) is 6.77. The monoisotopic (exact) mass is 214 g/mol. The minimum absolute atomic E-state index is 0.214. The number of nitrogens with zero attached hydrogens (tertiary/aromatic N) is 2. The summed E-state index contributed by atoms with van der Waals surface area (Å²) >= 11 is 0. The van der Waals surface area contributed by atoms with Crippen LogP contribution < -0.4 is 0 Å². The Bertz CT molecular complexity index is 245. The molecule has 0 aromatic rings. The first-order valence-corrected chi connectivity index (χ1v) is 5.05. The van der Waals surface area contributed by atoms with Crippen LogP contribution in [0.1, 0.15) is 13.8 Å². The lowest BCUT2D eigenvalue weighted by Crippen LogP contribution is -2.27. The summed E-state index contributed by atoms with van der Waals surface area (Å²) in [7, 11) is 7.51. The maximum Gasteiger partial charge on any atom is 0.334 e. The zero-order valence-corrected chi connectivity index (χ0v) is 10.5. The third kappa shape index (κ3) is 4.34. The Labute approximate surface area is 92.2 Å². The quantitative estimate of drug-likeness (QED) is 0.696. The predicted molar refractivity (Wildman–Crippen MR) is 61.7 cm³/mol. The van der Waals surface area contributed by atoms with Crippen molar-refractivity contribution in [3.8, 4) is 0 Å². The van der Waals surface area contributed by atoms with E-state index < -0.39 is 5.97 Å². The van der Waals surface area contributed by atoms with Crippen LogP contribution >= 0.6 is 0 Å². The molecule has 0 aromatic carbocycles. The van der Waals surface area contributed by atoms with Crippen LogP contribution in [0.4, 0.5) is 0 Å². The maximum atomic E-state index is 11.2. The number of hydrogen-bond acceptors (Lipinski definition) is 3. The van der Waals surface area contributed by atoms with Gasteiger partial charge in [0.25, 0.3) is 0 Å². The SMILES string of the molecule is CC(C)C(=C(CN(C)C)C(=O)O)N(C)C. The van der Waals surface area contributed by atoms with Crippen molar-refractivity contribution in [3.05, 3.63) is 11.3 Å². The minimum atomic E-state index is -0.832. The number of carboxylic acid groups (broad SMARTS) is 1. The molecule has 0 amide bonds. The van der Waals surface area contributed by atoms with Crippen molar-refractivity contribution >= 4 is 5.97 Å². The van der Waals surface area contributed by atoms with E-state index in [9.17, 15) is 9.90 Å². The van der Waals surface area contributed by atoms with E-state index in [1.165, 1.54) is 0 Å². The van der Waals surface area contributed by atoms with Gasteiger partial charge in [-0.05, 0) is 20.0 Å². The maximum absolute atomic E-state index is 11.2. The molecular formula is C11H22N2O2. The van der Waals surface area contributed by atoms with Gasteiger partial charge in [-0.25, -0.2) is 4.79 Å². The molecule has 0 heterocycles. The number of likely N-dealkylation sites (N-methyl/N-ethyl adjacent to an activating group) is 1. The molecule has 0 fully saturated rings. The average Bonchev–Trinajstić information content (AvgIpc) is 2.00. The molecule has 4 nitrogen and oxygen atoms in total. The van der Waals surface area contributed by atoms with E-state index in [1.54, 1.807) is 0 Å². The predicted octanol–water partition coefficient (Wildman–Crippen LogP) is 1.10. The Hall–Kier alpha value is -1.03. The van der Waals surface area contributed by atoms with Crippen molar-refractivity contribution < 1.29 is 9.90 Å². The molecule has 1 N–H and O–H groups in total. The van der Waals surface area contributed by atoms with Gasteiger partial charge in [0.2, 0.25) is 0 Å². The van der Waals surface area contributed by atoms with Gasteiger partial charge in [0.15, 0.2) is 0 Å². The third-order valence-electron chi connectivity index (χ3n) is 2.07. The van der Waals surface area contributed by atoms with Gasteiger partial charge < -0.3 is 14.9 Å². The molecule has 88 valence electrons. The van der Waals surface area contributed by atoms with Crippen LogP contribution in [-0.4, -0.2) is 55.6 Å². The molecule has 0 aliphatic carbocycles. The Morgan fingerprint density at radius 3 is 1.87 bits per heavy atom. The van der Waals surface area contributed by atoms with Crippen molar-refractivity contribution in [2.75, 3.05) is 34.7 Å². The molecule has 0 atom stereocenters. The lowest BCUT2D eigenvalue weighted by Gasteiger charge is -2.25. The number of carboxylic acids is 1. The van der Waals surface area contributed by atoms with E-state index in [0.29, 0.717) is 12.1 Å². The van der Waals surface area contributed by atoms with Crippen LogP contribution in [0.3, 0.4) is 0 Å². The molecule has 0 aromatic heterocycles. The van der Waals surface area contributed by atoms with Gasteiger partial charge in [-0.1, -0.05) is 13.8 Å². The molecule has 0 aliphatic heterocycles. The van der Waals surface area contributed by atoms with Crippen LogP contribution in [0.25, 0.3) is 0 Å². The van der Waals surface area contributed by atoms with Gasteiger partial charge >= 0.3 is 5.97 Å². The number of aliphatic carboxylic acids is 1. The Morgan fingerprint density at radius 1 is 1.20 bits per heavy atom. The van der Waals surface area contributed by atoms with Crippen LogP contribution in [0.2, 0.25) is 0 Å². The van der Waals surface area contributed by atoms with Gasteiger partial charge in [0, 0.05) is 26.3 Å². The summed E-state index contributed by atoms with van der Waals surface area (Å²) < 4.78 is 0. The summed E-state index contributed by atoms with van der Waals surface area (Å²) in [6, 6.07) is 0. The normalized spacial score (nSPS) is 13.1. The lowest BCUT2D eigenvalue weighted by atomic mass is 10.0. The zero-order valence-electron chi connectivity index (χ0n) is 10.5. The molecule has 0 spiro atoms. The Balaban J connectivity index is 5.25. The van der Waals surface area contributed by atoms with E-state index in [-0.39, 0.29) is 5.92 Å². The van der Waals surface area contributed by atoms with Crippen molar-refractivity contribution in [3.63, 3.8) is 0 Å². The van der Waals surface area contributed by atoms with E-state index in [1.807, 2.05) is 51.8 Å². The molecule has 4 heteroatoms. The van der Waals surface area contributed by atoms with Crippen molar-refractivity contribution in [1.29, 1.82) is 0 Å². The molecule has 0 rings (SSSR count). The number of allylic oxidation sites excluding steroid dienone is 1. The summed E-state index contributed by atoms with van der Waals surface area (Å²) in [5.74, 6) is -0.618. The fourth-order valence-corrected chi connectivity index (χ4v) is 1.71. The molecule has 0 bridgehead atoms. The average molecular weight is 214 g/mol. The molecule has 0 unspecified atom stereocenters. The van der Waals surface area contributed by atoms with Crippen molar-refractivity contribution in [2.24, 2.45) is 5.92 Å². The van der Waals surface area contributed by atoms with Crippen LogP contribution in [0.5, 0.6) is 0 Å². The Kier molecular flexibility index (Phi) is 5.36. The van der Waals surface area contributed by atoms with E-state index in [2.05, 4.69) is 0 Å². The first kappa shape index (κ1) is 14.0. The minimum Gasteiger partial charge on any atom is -0.478 e. The molecule has 0 aliphatic rings. The molecule has 0 saturated heterocycles. The zero-order chi connectivity index (χ0) is 12.2. The van der Waals surface area contributed by atoms with E-state index in [0.717, 1.165) is 5.70 Å². The van der Waals surface area contributed by atoms with E-state index in [4.69, 9.17) is 0 Å². The summed E-state index contributed by atoms with van der Waals surface area (Å²) in [5, 5.41) is 9.18. The van der Waals surface area contributed by atoms with Crippen LogP contribution in [-0.2, 0) is 4.79 Å². The summed E-state index contributed by atoms with van der Waals surface area (Å²) in [6.07, 6.45) is 0. The summed E-state index contributed by atoms with van der Waals surface area (Å²) in [5.41, 5.74) is 1.36. The van der Waals surface area contributed by atoms with Crippen molar-refractivity contribution in [2.45, 2.75) is 13.8 Å². The molecular weight excluding hydrogens is 192 g/mol. The topological polar surface area (TPSA) is 43.8 Å². The highest BCUT2D eigenvalue weighted by molar-refractivity contribution is 5.88. The molecule has 0 radical (unpaired) electrons. The van der Waals surface area contributed by atoms with Crippen LogP contribution in [0.15, 0.2) is 11.3 Å². The number of hydrogen-bond donors (Lipinski definition) is 1. The van der Waals surface area contributed by atoms with Crippen molar-refractivity contribution in [1.82, 2.24) is 9.80 Å². The van der Waals surface area contributed by atoms with E-state index >= 15 is 0 Å². The first-order valence-electron chi connectivity index (χ1n) is 5.05.